The fourth-order valence-electron chi connectivity index (χ4n) is 13.9. The summed E-state index contributed by atoms with van der Waals surface area (Å²) in [5.41, 5.74) is 15.2. The van der Waals surface area contributed by atoms with Gasteiger partial charge in [-0.05, 0) is 271 Å². The van der Waals surface area contributed by atoms with Gasteiger partial charge in [0.15, 0.2) is 0 Å². The average Bonchev–Trinajstić information content (AvgIpc) is 0.725. The highest BCUT2D eigenvalue weighted by atomic mass is 127. The maximum absolute atomic E-state index is 9.79. The molecular formula is C116H146Cl3I3N4O. The molecule has 0 unspecified atom stereocenters. The van der Waals surface area contributed by atoms with E-state index < -0.39 is 21.7 Å². The van der Waals surface area contributed by atoms with Gasteiger partial charge in [-0.3, -0.25) is 3.95 Å². The van der Waals surface area contributed by atoms with Gasteiger partial charge in [0, 0.05) is 56.9 Å². The monoisotopic (exact) mass is 2110 g/mol. The lowest BCUT2D eigenvalue weighted by molar-refractivity contribution is 0.589. The molecule has 0 amide bonds. The molecule has 127 heavy (non-hydrogen) atoms. The summed E-state index contributed by atoms with van der Waals surface area (Å²) in [6.45, 7) is 65.4. The molecule has 0 heterocycles. The second-order valence-electron chi connectivity index (χ2n) is 42.8. The van der Waals surface area contributed by atoms with Crippen molar-refractivity contribution in [3.63, 3.8) is 0 Å². The van der Waals surface area contributed by atoms with Crippen LogP contribution in [0.5, 0.6) is 0 Å². The van der Waals surface area contributed by atoms with E-state index in [1.54, 1.807) is 43.6 Å². The Morgan fingerprint density at radius 2 is 0.512 bits per heavy atom. The fourth-order valence-corrected chi connectivity index (χ4v) is 14.6. The second-order valence-corrected chi connectivity index (χ2v) is 43.9. The van der Waals surface area contributed by atoms with Crippen molar-refractivity contribution in [1.29, 1.82) is 0 Å². The van der Waals surface area contributed by atoms with Crippen molar-refractivity contribution >= 4 is 154 Å². The van der Waals surface area contributed by atoms with Crippen LogP contribution >= 0.6 is 103 Å². The van der Waals surface area contributed by atoms with Crippen LogP contribution in [0.3, 0.4) is 0 Å². The van der Waals surface area contributed by atoms with E-state index in [4.69, 9.17) is 49.2 Å². The molecule has 0 radical (unpaired) electrons. The first-order chi connectivity index (χ1) is 65.6. The van der Waals surface area contributed by atoms with Crippen LogP contribution in [0.25, 0.3) is 22.3 Å². The number of alkyl halides is 1. The topological polar surface area (TPSA) is 56.0 Å². The van der Waals surface area contributed by atoms with Gasteiger partial charge < -0.3 is 18.1 Å². The molecule has 12 aromatic carbocycles. The quantitative estimate of drug-likeness (QED) is 0.0684. The number of halogens is 6. The molecule has 0 atom stereocenters. The Hall–Kier alpha value is -6.98. The molecule has 5 nitrogen and oxygen atoms in total. The standard InChI is InChI=1S/C57H69ClN2.C31H40.C27H31Cl2N.CH3I.H2IN.HIO/c1-38-35-50(59(45-28-21-41(22-29-45)54(5,6)7)46-30-23-42(24-31-46)55(8,9)10)52(58)51(36-38)60(47-32-25-43(26-33-47)56(11,12)13)49-34-27-44(57(14,15)16)37-48(49)39-17-19-40(20-18-39)53(2,3)4;1-29(2,3)25-15-10-22(11-16-25)20-24-14-19-27(31(7,8)9)21-28(24)23-12-17-26(18-13-23)30(4,5)6;1-18-16-23(28)25(29)24(17-18)30(21-12-8-19(9-13-21)26(2,3)4)22-14-10-20(11-15-22)27(5,6)7;3*1-2/h17-37H,1-16H3;10-19,21H,20H2,1-9H3;8-17H,1-7H3;1H3;2H2;2H/i21D,22D,25D,26D,28D,29D,32D,33D;10D,11D,15D,16D;8D,9D,12D,13D;;;. The van der Waals surface area contributed by atoms with Gasteiger partial charge in [-0.15, -0.1) is 0 Å². The third-order valence-electron chi connectivity index (χ3n) is 21.8. The first kappa shape index (κ1) is 84.3. The number of hydrogen-bond acceptors (Lipinski definition) is 5. The highest BCUT2D eigenvalue weighted by Gasteiger charge is 2.31. The molecule has 0 fully saturated rings. The molecule has 3 N–H and O–H groups in total. The number of anilines is 9. The summed E-state index contributed by atoms with van der Waals surface area (Å²) < 4.78 is 158. The molecular weight excluding hydrogens is 1950 g/mol. The molecule has 11 heteroatoms. The van der Waals surface area contributed by atoms with Crippen LogP contribution in [-0.4, -0.2) is 8.37 Å². The summed E-state index contributed by atoms with van der Waals surface area (Å²) in [6.07, 6.45) is 0.348. The number of nitrogens with two attached hydrogens (primary N) is 1. The van der Waals surface area contributed by atoms with E-state index in [2.05, 4.69) is 224 Å². The molecule has 12 aromatic rings. The number of nitrogens with zero attached hydrogens (tertiary/aromatic N) is 3. The zero-order valence-electron chi connectivity index (χ0n) is 97.4. The first-order valence-corrected chi connectivity index (χ1v) is 48.6. The van der Waals surface area contributed by atoms with Crippen molar-refractivity contribution in [2.45, 2.75) is 282 Å². The molecule has 0 aromatic heterocycles. The van der Waals surface area contributed by atoms with Crippen LogP contribution in [-0.2, 0) is 60.6 Å². The summed E-state index contributed by atoms with van der Waals surface area (Å²) in [5, 5.41) is 0.761. The predicted octanol–water partition coefficient (Wildman–Crippen LogP) is 37.6. The summed E-state index contributed by atoms with van der Waals surface area (Å²) >= 11 is 25.9. The third-order valence-corrected chi connectivity index (χ3v) is 23.0. The number of benzene rings is 12. The lowest BCUT2D eigenvalue weighted by Gasteiger charge is -2.34. The predicted molar refractivity (Wildman–Crippen MR) is 589 cm³/mol. The van der Waals surface area contributed by atoms with Gasteiger partial charge in [-0.2, -0.15) is 0 Å². The van der Waals surface area contributed by atoms with Crippen LogP contribution in [0, 0.1) is 13.8 Å². The zero-order chi connectivity index (χ0) is 109. The van der Waals surface area contributed by atoms with E-state index in [-0.39, 0.29) is 156 Å². The van der Waals surface area contributed by atoms with E-state index in [1.165, 1.54) is 11.1 Å². The summed E-state index contributed by atoms with van der Waals surface area (Å²) in [7, 11) is 0. The van der Waals surface area contributed by atoms with Gasteiger partial charge in [0.25, 0.3) is 0 Å². The van der Waals surface area contributed by atoms with Gasteiger partial charge in [0.2, 0.25) is 0 Å². The van der Waals surface area contributed by atoms with E-state index in [0.717, 1.165) is 78.6 Å². The Labute approximate surface area is 848 Å². The van der Waals surface area contributed by atoms with Gasteiger partial charge in [-0.25, -0.2) is 0 Å². The van der Waals surface area contributed by atoms with Gasteiger partial charge in [0.05, 0.1) is 59.7 Å². The zero-order valence-corrected chi connectivity index (χ0v) is 90.1. The van der Waals surface area contributed by atoms with Gasteiger partial charge in [-0.1, -0.05) is 423 Å². The molecule has 0 spiro atoms. The van der Waals surface area contributed by atoms with Crippen molar-refractivity contribution in [3.05, 3.63) is 347 Å². The van der Waals surface area contributed by atoms with Crippen molar-refractivity contribution in [1.82, 2.24) is 0 Å². The Balaban J connectivity index is 0.000000311. The Kier molecular flexibility index (Phi) is 28.9. The SMILES string of the molecule is CI.NI.OI.[2H]c1c([2H])c(C(C)(C)C)c([2H])c([2H])c1Cc1ccc(C(C)(C)C)cc1-c1ccc(C(C)(C)C)cc1.[2H]c1c([2H])c(C(C)(C)C)c([2H])c([2H])c1N(c1ccc(C(C)(C)C)cc1)c1cc(C)cc(Cl)c1Cl.[2H]c1c([2H])c(C(C)(C)C)c([2H])c([2H])c1N(c1ccc(C(C)(C)C)cc1)c1cc(C)cc(N(c2ccc(C(C)(C)C)cc2-c2ccc(C(C)(C)C)cc2)c2c([2H])c([2H])c(C(C)(C)C)c([2H])c2[2H])c1Cl. The van der Waals surface area contributed by atoms with Crippen LogP contribution in [0.2, 0.25) is 15.1 Å². The second kappa shape index (κ2) is 43.6. The van der Waals surface area contributed by atoms with Crippen LogP contribution in [0.15, 0.2) is 254 Å². The van der Waals surface area contributed by atoms with Crippen LogP contribution in [0.1, 0.15) is 308 Å². The molecule has 0 saturated heterocycles. The van der Waals surface area contributed by atoms with Crippen molar-refractivity contribution in [2.75, 3.05) is 19.6 Å². The lowest BCUT2D eigenvalue weighted by Crippen LogP contribution is -2.18. The summed E-state index contributed by atoms with van der Waals surface area (Å²) in [6, 6.07) is 50.9. The van der Waals surface area contributed by atoms with E-state index >= 15 is 0 Å². The minimum absolute atomic E-state index is 0.00220. The Morgan fingerprint density at radius 3 is 0.827 bits per heavy atom. The fraction of sp³-hybridized carbons (Fsp3) is 0.379. The van der Waals surface area contributed by atoms with Gasteiger partial charge >= 0.3 is 0 Å². The Morgan fingerprint density at radius 1 is 0.268 bits per heavy atom. The van der Waals surface area contributed by atoms with Crippen LogP contribution in [0.4, 0.5) is 51.2 Å². The van der Waals surface area contributed by atoms with Crippen molar-refractivity contribution in [3.8, 4) is 22.3 Å². The Bertz CT molecular complexity index is 6490. The largest absolute Gasteiger partial charge is 0.331 e. The highest BCUT2D eigenvalue weighted by Crippen LogP contribution is 2.52. The number of rotatable bonds is 13. The van der Waals surface area contributed by atoms with Crippen LogP contribution < -0.4 is 18.6 Å². The van der Waals surface area contributed by atoms with E-state index in [9.17, 15) is 11.0 Å². The number of hydrogen-bond donors (Lipinski definition) is 2. The van der Waals surface area contributed by atoms with E-state index in [1.807, 2.05) is 181 Å². The molecule has 0 aliphatic rings. The molecule has 0 bridgehead atoms. The molecule has 678 valence electrons. The van der Waals surface area contributed by atoms with Crippen molar-refractivity contribution in [2.24, 2.45) is 3.95 Å². The lowest BCUT2D eigenvalue weighted by atomic mass is 9.82. The summed E-state index contributed by atoms with van der Waals surface area (Å²) in [5.74, 6) is 0. The molecule has 0 aliphatic heterocycles. The minimum atomic E-state index is -0.716. The maximum atomic E-state index is 9.79. The van der Waals surface area contributed by atoms with Crippen molar-refractivity contribution < 1.29 is 25.4 Å². The molecule has 0 saturated carbocycles. The number of aryl methyl sites for hydroxylation is 2. The smallest absolute Gasteiger partial charge is 0.106 e. The molecule has 12 rings (SSSR count). The minimum Gasteiger partial charge on any atom is -0.331 e. The third kappa shape index (κ3) is 28.5. The highest BCUT2D eigenvalue weighted by molar-refractivity contribution is 14.1. The maximum Gasteiger partial charge on any atom is 0.106 e. The van der Waals surface area contributed by atoms with E-state index in [0.29, 0.717) is 78.9 Å². The summed E-state index contributed by atoms with van der Waals surface area (Å²) in [4.78, 5) is 7.08. The molecule has 0 aliphatic carbocycles. The normalized spacial score (nSPS) is 13.9. The first-order valence-electron chi connectivity index (χ1n) is 51.1. The van der Waals surface area contributed by atoms with Gasteiger partial charge in [0.1, 0.15) is 23.0 Å². The average molecular weight is 2120 g/mol.